The summed E-state index contributed by atoms with van der Waals surface area (Å²) in [5.74, 6) is 2.99. The van der Waals surface area contributed by atoms with E-state index in [1.165, 1.54) is 16.5 Å². The molecule has 5 nitrogen and oxygen atoms in total. The highest BCUT2D eigenvalue weighted by Crippen LogP contribution is 2.43. The molecule has 3 heterocycles. The van der Waals surface area contributed by atoms with E-state index in [0.717, 1.165) is 56.0 Å². The Balaban J connectivity index is 1.24. The number of hydrogen-bond donors (Lipinski definition) is 0. The second-order valence-corrected chi connectivity index (χ2v) is 18.0. The van der Waals surface area contributed by atoms with Crippen LogP contribution in [0.1, 0.15) is 108 Å². The normalized spacial score (nSPS) is 16.3. The number of ether oxygens (including phenoxy) is 2. The van der Waals surface area contributed by atoms with E-state index in [4.69, 9.17) is 19.5 Å². The maximum Gasteiger partial charge on any atom is 0.217 e. The zero-order chi connectivity index (χ0) is 38.7. The topological polar surface area (TPSA) is 48.6 Å². The van der Waals surface area contributed by atoms with Crippen molar-refractivity contribution >= 4 is 27.7 Å². The summed E-state index contributed by atoms with van der Waals surface area (Å²) in [6.45, 7) is 20.2. The highest BCUT2D eigenvalue weighted by atomic mass is 16.5. The van der Waals surface area contributed by atoms with Gasteiger partial charge in [0.05, 0.1) is 11.0 Å². The van der Waals surface area contributed by atoms with Crippen molar-refractivity contribution in [2.45, 2.75) is 90.7 Å². The molecule has 0 unspecified atom stereocenters. The number of benzene rings is 5. The third-order valence-electron chi connectivity index (χ3n) is 10.8. The van der Waals surface area contributed by atoms with Crippen LogP contribution in [0.5, 0.6) is 11.5 Å². The molecule has 8 rings (SSSR count). The van der Waals surface area contributed by atoms with E-state index in [0.29, 0.717) is 5.90 Å². The lowest BCUT2D eigenvalue weighted by Gasteiger charge is -2.22. The summed E-state index contributed by atoms with van der Waals surface area (Å²) >= 11 is 0. The van der Waals surface area contributed by atoms with Crippen LogP contribution >= 0.6 is 0 Å². The maximum atomic E-state index is 6.84. The van der Waals surface area contributed by atoms with E-state index in [1.54, 1.807) is 0 Å². The van der Waals surface area contributed by atoms with Crippen molar-refractivity contribution in [3.05, 3.63) is 167 Å². The Labute approximate surface area is 325 Å². The molecule has 0 amide bonds. The number of fused-ring (bicyclic) bond motifs is 3. The van der Waals surface area contributed by atoms with E-state index in [2.05, 4.69) is 182 Å². The zero-order valence-electron chi connectivity index (χ0n) is 33.5. The fourth-order valence-corrected chi connectivity index (χ4v) is 7.48. The lowest BCUT2D eigenvalue weighted by molar-refractivity contribution is 0.197. The minimum atomic E-state index is -0.241. The third kappa shape index (κ3) is 7.16. The Morgan fingerprint density at radius 3 is 1.87 bits per heavy atom. The van der Waals surface area contributed by atoms with Crippen molar-refractivity contribution in [2.24, 2.45) is 4.99 Å². The Morgan fingerprint density at radius 1 is 0.545 bits per heavy atom. The van der Waals surface area contributed by atoms with Crippen molar-refractivity contribution in [1.29, 1.82) is 0 Å². The molecule has 5 heteroatoms. The first kappa shape index (κ1) is 36.3. The lowest BCUT2D eigenvalue weighted by Crippen LogP contribution is -2.14. The molecule has 2 atom stereocenters. The largest absolute Gasteiger partial charge is 0.467 e. The van der Waals surface area contributed by atoms with Crippen LogP contribution in [0.3, 0.4) is 0 Å². The van der Waals surface area contributed by atoms with E-state index < -0.39 is 0 Å². The van der Waals surface area contributed by atoms with Gasteiger partial charge in [-0.25, -0.2) is 9.98 Å². The summed E-state index contributed by atoms with van der Waals surface area (Å²) < 4.78 is 15.9. The van der Waals surface area contributed by atoms with Crippen LogP contribution in [0.25, 0.3) is 27.6 Å². The predicted molar refractivity (Wildman–Crippen MR) is 227 cm³/mol. The molecule has 1 aliphatic rings. The fraction of sp³-hybridized carbons (Fsp3) is 0.280. The van der Waals surface area contributed by atoms with Gasteiger partial charge in [0.15, 0.2) is 6.10 Å². The van der Waals surface area contributed by atoms with Gasteiger partial charge in [0.1, 0.15) is 23.4 Å². The number of aliphatic imine (C=N–C) groups is 1. The molecule has 0 aliphatic carbocycles. The zero-order valence-corrected chi connectivity index (χ0v) is 33.5. The van der Waals surface area contributed by atoms with Crippen LogP contribution < -0.4 is 4.74 Å². The van der Waals surface area contributed by atoms with Crippen LogP contribution in [0.15, 0.2) is 139 Å². The molecule has 0 radical (unpaired) electrons. The average Bonchev–Trinajstić information content (AvgIpc) is 3.74. The lowest BCUT2D eigenvalue weighted by atomic mass is 9.86. The molecule has 0 saturated carbocycles. The predicted octanol–water partition coefficient (Wildman–Crippen LogP) is 13.1. The van der Waals surface area contributed by atoms with Gasteiger partial charge in [-0.05, 0) is 98.7 Å². The first-order chi connectivity index (χ1) is 26.1. The molecule has 1 aliphatic heterocycles. The molecule has 0 spiro atoms. The minimum absolute atomic E-state index is 0.0153. The molecule has 0 N–H and O–H groups in total. The Kier molecular flexibility index (Phi) is 8.95. The van der Waals surface area contributed by atoms with E-state index in [-0.39, 0.29) is 28.4 Å². The van der Waals surface area contributed by atoms with E-state index >= 15 is 0 Å². The molecule has 278 valence electrons. The number of nitrogens with zero attached hydrogens (tertiary/aromatic N) is 3. The van der Waals surface area contributed by atoms with Gasteiger partial charge >= 0.3 is 0 Å². The first-order valence-corrected chi connectivity index (χ1v) is 19.4. The maximum absolute atomic E-state index is 6.84. The van der Waals surface area contributed by atoms with Gasteiger partial charge < -0.3 is 9.47 Å². The van der Waals surface area contributed by atoms with Gasteiger partial charge in [0, 0.05) is 28.6 Å². The molecule has 0 fully saturated rings. The minimum Gasteiger partial charge on any atom is -0.467 e. The quantitative estimate of drug-likeness (QED) is 0.171. The first-order valence-electron chi connectivity index (χ1n) is 19.4. The summed E-state index contributed by atoms with van der Waals surface area (Å²) in [6.07, 6.45) is 1.69. The van der Waals surface area contributed by atoms with Crippen LogP contribution in [-0.4, -0.2) is 15.4 Å². The molecule has 5 aromatic carbocycles. The molecule has 0 bridgehead atoms. The van der Waals surface area contributed by atoms with Crippen molar-refractivity contribution in [2.75, 3.05) is 0 Å². The van der Waals surface area contributed by atoms with Crippen molar-refractivity contribution in [3.8, 4) is 17.3 Å². The second kappa shape index (κ2) is 13.6. The highest BCUT2D eigenvalue weighted by Gasteiger charge is 2.35. The average molecular weight is 726 g/mol. The number of pyridine rings is 1. The van der Waals surface area contributed by atoms with Crippen molar-refractivity contribution < 1.29 is 9.47 Å². The van der Waals surface area contributed by atoms with Gasteiger partial charge in [-0.15, -0.1) is 0 Å². The van der Waals surface area contributed by atoms with Gasteiger partial charge in [-0.1, -0.05) is 129 Å². The second-order valence-electron chi connectivity index (χ2n) is 18.0. The summed E-state index contributed by atoms with van der Waals surface area (Å²) in [5, 5.41) is 2.36. The molecule has 55 heavy (non-hydrogen) atoms. The Morgan fingerprint density at radius 2 is 1.20 bits per heavy atom. The van der Waals surface area contributed by atoms with Gasteiger partial charge in [0.25, 0.3) is 0 Å². The standard InChI is InChI=1S/C50H51N3O2/c1-48(2,3)35-20-23-42-41(29-35)40-22-21-38(31-43(40)53(42)44-30-36(24-25-51-44)49(4,5)6)54-39-27-34(26-37(28-39)50(7,8)9)47-52-45(32-16-12-10-13-17-32)46(55-47)33-18-14-11-15-19-33/h10-31,45-46H,1-9H3/t45-,46+/m1/s1. The third-order valence-corrected chi connectivity index (χ3v) is 10.8. The van der Waals surface area contributed by atoms with Gasteiger partial charge in [0.2, 0.25) is 5.90 Å². The van der Waals surface area contributed by atoms with Crippen LogP contribution in [0, 0.1) is 0 Å². The summed E-state index contributed by atoms with van der Waals surface area (Å²) in [5.41, 5.74) is 8.80. The van der Waals surface area contributed by atoms with Crippen LogP contribution in [-0.2, 0) is 21.0 Å². The molecular weight excluding hydrogens is 675 g/mol. The van der Waals surface area contributed by atoms with Gasteiger partial charge in [-0.2, -0.15) is 0 Å². The monoisotopic (exact) mass is 725 g/mol. The van der Waals surface area contributed by atoms with Crippen LogP contribution in [0.4, 0.5) is 0 Å². The molecule has 2 aromatic heterocycles. The Hall–Kier alpha value is -5.68. The highest BCUT2D eigenvalue weighted by molar-refractivity contribution is 6.09. The summed E-state index contributed by atoms with van der Waals surface area (Å²) in [4.78, 5) is 10.2. The fourth-order valence-electron chi connectivity index (χ4n) is 7.48. The Bertz CT molecular complexity index is 2550. The summed E-state index contributed by atoms with van der Waals surface area (Å²) in [7, 11) is 0. The smallest absolute Gasteiger partial charge is 0.217 e. The van der Waals surface area contributed by atoms with Crippen molar-refractivity contribution in [3.63, 3.8) is 0 Å². The number of aromatic nitrogens is 2. The van der Waals surface area contributed by atoms with E-state index in [1.807, 2.05) is 18.3 Å². The molecule has 0 saturated heterocycles. The number of rotatable bonds is 6. The molecular formula is C50H51N3O2. The number of hydrogen-bond acceptors (Lipinski definition) is 4. The molecule has 7 aromatic rings. The van der Waals surface area contributed by atoms with E-state index in [9.17, 15) is 0 Å². The van der Waals surface area contributed by atoms with Crippen LogP contribution in [0.2, 0.25) is 0 Å². The van der Waals surface area contributed by atoms with Gasteiger partial charge in [-0.3, -0.25) is 4.57 Å². The summed E-state index contributed by atoms with van der Waals surface area (Å²) in [6, 6.07) is 44.6. The SMILES string of the molecule is CC(C)(C)c1cc(Oc2ccc3c4cc(C(C)(C)C)ccc4n(-c4cc(C(C)(C)C)ccn4)c3c2)cc(C2=N[C@H](c3ccccc3)[C@H](c3ccccc3)O2)c1. The van der Waals surface area contributed by atoms with Crippen molar-refractivity contribution in [1.82, 2.24) is 9.55 Å².